The summed E-state index contributed by atoms with van der Waals surface area (Å²) in [5.74, 6) is 0.371. The third-order valence-corrected chi connectivity index (χ3v) is 4.58. The van der Waals surface area contributed by atoms with Crippen molar-refractivity contribution >= 4 is 0 Å². The lowest BCUT2D eigenvalue weighted by Gasteiger charge is -2.37. The molecule has 1 aliphatic carbocycles. The number of hydrogen-bond donors (Lipinski definition) is 2. The molecule has 1 aliphatic heterocycles. The topological polar surface area (TPSA) is 32.3 Å². The zero-order chi connectivity index (χ0) is 13.2. The van der Waals surface area contributed by atoms with Gasteiger partial charge in [-0.05, 0) is 56.2 Å². The first-order chi connectivity index (χ1) is 9.28. The third kappa shape index (κ3) is 2.55. The van der Waals surface area contributed by atoms with Crippen LogP contribution in [0.15, 0.2) is 35.4 Å². The SMILES string of the molecule is CCC1N[C@H](c2cccc(O)c2)CC2=C1CCCC2. The monoisotopic (exact) mass is 257 g/mol. The second kappa shape index (κ2) is 5.38. The molecule has 0 amide bonds. The van der Waals surface area contributed by atoms with E-state index in [0.29, 0.717) is 17.8 Å². The Balaban J connectivity index is 1.88. The van der Waals surface area contributed by atoms with Gasteiger partial charge in [0.2, 0.25) is 0 Å². The van der Waals surface area contributed by atoms with Crippen molar-refractivity contribution in [2.24, 2.45) is 0 Å². The minimum absolute atomic E-state index is 0.369. The zero-order valence-corrected chi connectivity index (χ0v) is 11.7. The lowest BCUT2D eigenvalue weighted by molar-refractivity contribution is 0.392. The Hall–Kier alpha value is -1.28. The second-order valence-electron chi connectivity index (χ2n) is 5.82. The van der Waals surface area contributed by atoms with Gasteiger partial charge < -0.3 is 10.4 Å². The first-order valence-electron chi connectivity index (χ1n) is 7.53. The van der Waals surface area contributed by atoms with E-state index in [1.54, 1.807) is 17.2 Å². The molecule has 102 valence electrons. The largest absolute Gasteiger partial charge is 0.508 e. The van der Waals surface area contributed by atoms with Crippen LogP contribution in [0.1, 0.15) is 57.1 Å². The predicted octanol–water partition coefficient (Wildman–Crippen LogP) is 4.08. The van der Waals surface area contributed by atoms with E-state index in [1.807, 2.05) is 12.1 Å². The van der Waals surface area contributed by atoms with Gasteiger partial charge in [-0.15, -0.1) is 0 Å². The fourth-order valence-electron chi connectivity index (χ4n) is 3.61. The van der Waals surface area contributed by atoms with Crippen molar-refractivity contribution in [1.82, 2.24) is 5.32 Å². The van der Waals surface area contributed by atoms with Crippen molar-refractivity contribution in [3.8, 4) is 5.75 Å². The molecule has 3 rings (SSSR count). The number of benzene rings is 1. The van der Waals surface area contributed by atoms with Gasteiger partial charge in [0.05, 0.1) is 0 Å². The van der Waals surface area contributed by atoms with Crippen molar-refractivity contribution in [2.75, 3.05) is 0 Å². The molecule has 2 aliphatic rings. The van der Waals surface area contributed by atoms with E-state index in [2.05, 4.69) is 18.3 Å². The van der Waals surface area contributed by atoms with Gasteiger partial charge in [-0.1, -0.05) is 30.2 Å². The lowest BCUT2D eigenvalue weighted by atomic mass is 9.79. The zero-order valence-electron chi connectivity index (χ0n) is 11.7. The molecule has 0 aromatic heterocycles. The molecule has 0 fully saturated rings. The summed E-state index contributed by atoms with van der Waals surface area (Å²) in [6.07, 6.45) is 7.55. The van der Waals surface area contributed by atoms with Gasteiger partial charge in [0.25, 0.3) is 0 Å². The maximum Gasteiger partial charge on any atom is 0.115 e. The van der Waals surface area contributed by atoms with Crippen LogP contribution in [0.5, 0.6) is 5.75 Å². The third-order valence-electron chi connectivity index (χ3n) is 4.58. The number of phenolic OH excluding ortho intramolecular Hbond substituents is 1. The van der Waals surface area contributed by atoms with Gasteiger partial charge in [-0.2, -0.15) is 0 Å². The lowest BCUT2D eigenvalue weighted by Crippen LogP contribution is -2.39. The molecule has 2 N–H and O–H groups in total. The van der Waals surface area contributed by atoms with Crippen molar-refractivity contribution in [3.05, 3.63) is 41.0 Å². The summed E-state index contributed by atoms with van der Waals surface area (Å²) >= 11 is 0. The highest BCUT2D eigenvalue weighted by molar-refractivity contribution is 5.34. The molecule has 1 aromatic carbocycles. The summed E-state index contributed by atoms with van der Waals surface area (Å²) < 4.78 is 0. The van der Waals surface area contributed by atoms with Crippen LogP contribution in [0.2, 0.25) is 0 Å². The molecule has 0 spiro atoms. The van der Waals surface area contributed by atoms with E-state index in [-0.39, 0.29) is 0 Å². The minimum Gasteiger partial charge on any atom is -0.508 e. The number of hydrogen-bond acceptors (Lipinski definition) is 2. The second-order valence-corrected chi connectivity index (χ2v) is 5.82. The number of phenols is 1. The Labute approximate surface area is 115 Å². The average molecular weight is 257 g/mol. The van der Waals surface area contributed by atoms with E-state index in [0.717, 1.165) is 12.8 Å². The van der Waals surface area contributed by atoms with Crippen LogP contribution in [0.4, 0.5) is 0 Å². The van der Waals surface area contributed by atoms with Crippen LogP contribution >= 0.6 is 0 Å². The van der Waals surface area contributed by atoms with Gasteiger partial charge in [0.1, 0.15) is 5.75 Å². The molecule has 0 bridgehead atoms. The molecule has 1 unspecified atom stereocenters. The molecule has 0 saturated carbocycles. The minimum atomic E-state index is 0.369. The molecule has 2 heteroatoms. The predicted molar refractivity (Wildman–Crippen MR) is 78.2 cm³/mol. The Kier molecular flexibility index (Phi) is 3.61. The van der Waals surface area contributed by atoms with Crippen molar-refractivity contribution < 1.29 is 5.11 Å². The molecule has 2 nitrogen and oxygen atoms in total. The smallest absolute Gasteiger partial charge is 0.115 e. The Bertz CT molecular complexity index is 492. The maximum atomic E-state index is 9.66. The summed E-state index contributed by atoms with van der Waals surface area (Å²) in [6, 6.07) is 8.62. The van der Waals surface area contributed by atoms with E-state index in [9.17, 15) is 5.11 Å². The van der Waals surface area contributed by atoms with E-state index in [1.165, 1.54) is 31.2 Å². The van der Waals surface area contributed by atoms with Gasteiger partial charge in [-0.25, -0.2) is 0 Å². The fourth-order valence-corrected chi connectivity index (χ4v) is 3.61. The first-order valence-corrected chi connectivity index (χ1v) is 7.53. The Morgan fingerprint density at radius 3 is 2.89 bits per heavy atom. The molecular formula is C17H23NO. The van der Waals surface area contributed by atoms with Crippen LogP contribution in [0.3, 0.4) is 0 Å². The highest BCUT2D eigenvalue weighted by Crippen LogP contribution is 2.39. The number of rotatable bonds is 2. The highest BCUT2D eigenvalue weighted by atomic mass is 16.3. The summed E-state index contributed by atoms with van der Waals surface area (Å²) in [4.78, 5) is 0. The average Bonchev–Trinajstić information content (AvgIpc) is 2.46. The summed E-state index contributed by atoms with van der Waals surface area (Å²) in [7, 11) is 0. The summed E-state index contributed by atoms with van der Waals surface area (Å²) in [6.45, 7) is 2.27. The van der Waals surface area contributed by atoms with Gasteiger partial charge in [-0.3, -0.25) is 0 Å². The normalized spacial score (nSPS) is 27.2. The van der Waals surface area contributed by atoms with Crippen LogP contribution < -0.4 is 5.32 Å². The Morgan fingerprint density at radius 2 is 2.11 bits per heavy atom. The van der Waals surface area contributed by atoms with Crippen LogP contribution in [-0.2, 0) is 0 Å². The molecule has 1 heterocycles. The molecule has 2 atom stereocenters. The van der Waals surface area contributed by atoms with E-state index >= 15 is 0 Å². The van der Waals surface area contributed by atoms with Crippen LogP contribution in [0, 0.1) is 0 Å². The maximum absolute atomic E-state index is 9.66. The fraction of sp³-hybridized carbons (Fsp3) is 0.529. The molecular weight excluding hydrogens is 234 g/mol. The molecule has 0 saturated heterocycles. The standard InChI is InChI=1S/C17H23NO/c1-2-16-15-9-4-3-6-12(15)11-17(18-16)13-7-5-8-14(19)10-13/h5,7-8,10,16-19H,2-4,6,9,11H2,1H3/t16?,17-/m0/s1. The molecule has 0 radical (unpaired) electrons. The summed E-state index contributed by atoms with van der Waals surface area (Å²) in [5, 5.41) is 13.4. The highest BCUT2D eigenvalue weighted by Gasteiger charge is 2.29. The van der Waals surface area contributed by atoms with E-state index < -0.39 is 0 Å². The summed E-state index contributed by atoms with van der Waals surface area (Å²) in [5.41, 5.74) is 4.59. The van der Waals surface area contributed by atoms with Crippen molar-refractivity contribution in [3.63, 3.8) is 0 Å². The molecule has 19 heavy (non-hydrogen) atoms. The molecule has 1 aromatic rings. The quantitative estimate of drug-likeness (QED) is 0.783. The van der Waals surface area contributed by atoms with Crippen LogP contribution in [0.25, 0.3) is 0 Å². The van der Waals surface area contributed by atoms with Crippen molar-refractivity contribution in [2.45, 2.75) is 57.5 Å². The van der Waals surface area contributed by atoms with Gasteiger partial charge in [0.15, 0.2) is 0 Å². The van der Waals surface area contributed by atoms with Crippen molar-refractivity contribution in [1.29, 1.82) is 0 Å². The van der Waals surface area contributed by atoms with E-state index in [4.69, 9.17) is 0 Å². The van der Waals surface area contributed by atoms with Gasteiger partial charge in [0, 0.05) is 12.1 Å². The van der Waals surface area contributed by atoms with Gasteiger partial charge >= 0.3 is 0 Å². The number of aromatic hydroxyl groups is 1. The van der Waals surface area contributed by atoms with Crippen LogP contribution in [-0.4, -0.2) is 11.1 Å². The number of nitrogens with one attached hydrogen (secondary N) is 1. The first kappa shape index (κ1) is 12.7. The Morgan fingerprint density at radius 1 is 1.26 bits per heavy atom.